The highest BCUT2D eigenvalue weighted by Gasteiger charge is 2.15. The normalized spacial score (nSPS) is 10.9. The Labute approximate surface area is 198 Å². The number of aromatic nitrogens is 4. The van der Waals surface area contributed by atoms with Crippen LogP contribution in [0, 0.1) is 6.92 Å². The van der Waals surface area contributed by atoms with Gasteiger partial charge in [0.2, 0.25) is 5.91 Å². The molecule has 9 nitrogen and oxygen atoms in total. The molecule has 176 valence electrons. The van der Waals surface area contributed by atoms with Gasteiger partial charge in [-0.05, 0) is 43.2 Å². The van der Waals surface area contributed by atoms with E-state index in [1.54, 1.807) is 18.6 Å². The molecule has 34 heavy (non-hydrogen) atoms. The van der Waals surface area contributed by atoms with Crippen molar-refractivity contribution in [3.63, 3.8) is 0 Å². The number of carbonyl (C=O) groups is 2. The van der Waals surface area contributed by atoms with Crippen molar-refractivity contribution < 1.29 is 9.59 Å². The van der Waals surface area contributed by atoms with Crippen molar-refractivity contribution in [2.24, 2.45) is 0 Å². The fourth-order valence-corrected chi connectivity index (χ4v) is 3.97. The fourth-order valence-electron chi connectivity index (χ4n) is 3.97. The fraction of sp³-hybridized carbons (Fsp3) is 0.280. The number of benzene rings is 1. The molecule has 0 saturated carbocycles. The summed E-state index contributed by atoms with van der Waals surface area (Å²) in [5.74, 6) is 0.723. The van der Waals surface area contributed by atoms with Gasteiger partial charge in [0, 0.05) is 57.9 Å². The van der Waals surface area contributed by atoms with Crippen molar-refractivity contribution in [2.75, 3.05) is 23.8 Å². The lowest BCUT2D eigenvalue weighted by molar-refractivity contribution is -0.114. The Morgan fingerprint density at radius 1 is 1.12 bits per heavy atom. The molecule has 0 fully saturated rings. The third-order valence-corrected chi connectivity index (χ3v) is 5.52. The van der Waals surface area contributed by atoms with Gasteiger partial charge in [-0.3, -0.25) is 14.0 Å². The van der Waals surface area contributed by atoms with Crippen LogP contribution in [0.5, 0.6) is 0 Å². The number of amides is 2. The molecular formula is C25H29N7O2. The minimum Gasteiger partial charge on any atom is -0.355 e. The average molecular weight is 460 g/mol. The summed E-state index contributed by atoms with van der Waals surface area (Å²) < 4.78 is 3.95. The van der Waals surface area contributed by atoms with E-state index >= 15 is 0 Å². The molecule has 0 radical (unpaired) electrons. The first-order chi connectivity index (χ1) is 16.4. The van der Waals surface area contributed by atoms with Crippen molar-refractivity contribution in [1.82, 2.24) is 24.3 Å². The van der Waals surface area contributed by atoms with Crippen molar-refractivity contribution in [2.45, 2.75) is 33.4 Å². The monoisotopic (exact) mass is 459 g/mol. The van der Waals surface area contributed by atoms with Crippen molar-refractivity contribution in [3.05, 3.63) is 78.1 Å². The van der Waals surface area contributed by atoms with Crippen LogP contribution < -0.4 is 15.5 Å². The molecule has 0 aliphatic rings. The van der Waals surface area contributed by atoms with Crippen molar-refractivity contribution in [1.29, 1.82) is 0 Å². The summed E-state index contributed by atoms with van der Waals surface area (Å²) in [6.45, 7) is 5.50. The predicted molar refractivity (Wildman–Crippen MR) is 132 cm³/mol. The zero-order valence-corrected chi connectivity index (χ0v) is 19.7. The molecule has 0 unspecified atom stereocenters. The van der Waals surface area contributed by atoms with Crippen LogP contribution in [0.1, 0.15) is 35.0 Å². The number of aryl methyl sites for hydroxylation is 2. The van der Waals surface area contributed by atoms with E-state index < -0.39 is 0 Å². The number of rotatable bonds is 9. The molecule has 9 heteroatoms. The van der Waals surface area contributed by atoms with Crippen LogP contribution in [-0.4, -0.2) is 44.3 Å². The first-order valence-corrected chi connectivity index (χ1v) is 11.2. The molecule has 4 rings (SSSR count). The van der Waals surface area contributed by atoms with Gasteiger partial charge in [0.05, 0.1) is 17.6 Å². The Hall–Kier alpha value is -4.14. The van der Waals surface area contributed by atoms with Gasteiger partial charge < -0.3 is 20.1 Å². The van der Waals surface area contributed by atoms with Gasteiger partial charge in [-0.25, -0.2) is 9.97 Å². The first kappa shape index (κ1) is 23.0. The van der Waals surface area contributed by atoms with Crippen LogP contribution in [0.15, 0.2) is 61.3 Å². The molecule has 2 N–H and O–H groups in total. The summed E-state index contributed by atoms with van der Waals surface area (Å²) >= 11 is 0. The molecule has 3 aromatic heterocycles. The summed E-state index contributed by atoms with van der Waals surface area (Å²) in [7, 11) is 2.00. The Bertz CT molecular complexity index is 1280. The van der Waals surface area contributed by atoms with E-state index in [0.717, 1.165) is 41.4 Å². The van der Waals surface area contributed by atoms with Gasteiger partial charge in [-0.1, -0.05) is 12.1 Å². The maximum Gasteiger partial charge on any atom is 0.252 e. The molecular weight excluding hydrogens is 430 g/mol. The van der Waals surface area contributed by atoms with Gasteiger partial charge >= 0.3 is 0 Å². The van der Waals surface area contributed by atoms with Crippen molar-refractivity contribution >= 4 is 29.0 Å². The number of hydrogen-bond acceptors (Lipinski definition) is 5. The van der Waals surface area contributed by atoms with E-state index in [-0.39, 0.29) is 11.8 Å². The van der Waals surface area contributed by atoms with E-state index in [2.05, 4.69) is 25.5 Å². The van der Waals surface area contributed by atoms with E-state index in [9.17, 15) is 9.59 Å². The highest BCUT2D eigenvalue weighted by atomic mass is 16.2. The smallest absolute Gasteiger partial charge is 0.252 e. The SMILES string of the molecule is CC(=O)Nc1ccc(CN(C)c2c(C)nc3ccc(C(=O)NCCCn4ccnc4)cn23)cc1. The van der Waals surface area contributed by atoms with E-state index in [1.165, 1.54) is 6.92 Å². The summed E-state index contributed by atoms with van der Waals surface area (Å²) in [5, 5.41) is 5.77. The second kappa shape index (κ2) is 10.2. The van der Waals surface area contributed by atoms with Crippen LogP contribution in [0.4, 0.5) is 11.5 Å². The van der Waals surface area contributed by atoms with Gasteiger partial charge in [-0.2, -0.15) is 0 Å². The van der Waals surface area contributed by atoms with Crippen LogP contribution in [0.2, 0.25) is 0 Å². The standard InChI is InChI=1S/C25H29N7O2/c1-18-25(30(3)15-20-5-8-22(9-6-20)29-19(2)33)32-16-21(7-10-23(32)28-18)24(34)27-11-4-13-31-14-12-26-17-31/h5-10,12,14,16-17H,4,11,13,15H2,1-3H3,(H,27,34)(H,29,33). The minimum atomic E-state index is -0.110. The zero-order chi connectivity index (χ0) is 24.1. The molecule has 0 spiro atoms. The number of fused-ring (bicyclic) bond motifs is 1. The molecule has 0 atom stereocenters. The van der Waals surface area contributed by atoms with Crippen LogP contribution in [0.25, 0.3) is 5.65 Å². The van der Waals surface area contributed by atoms with E-state index in [4.69, 9.17) is 0 Å². The lowest BCUT2D eigenvalue weighted by atomic mass is 10.2. The number of hydrogen-bond donors (Lipinski definition) is 2. The molecule has 0 bridgehead atoms. The molecule has 1 aromatic carbocycles. The number of pyridine rings is 1. The zero-order valence-electron chi connectivity index (χ0n) is 19.7. The lowest BCUT2D eigenvalue weighted by Crippen LogP contribution is -2.25. The molecule has 3 heterocycles. The number of anilines is 2. The maximum atomic E-state index is 12.7. The molecule has 2 amide bonds. The third-order valence-electron chi connectivity index (χ3n) is 5.52. The van der Waals surface area contributed by atoms with Crippen molar-refractivity contribution in [3.8, 4) is 0 Å². The highest BCUT2D eigenvalue weighted by Crippen LogP contribution is 2.24. The van der Waals surface area contributed by atoms with Gasteiger partial charge in [0.25, 0.3) is 5.91 Å². The summed E-state index contributed by atoms with van der Waals surface area (Å²) in [5.41, 5.74) is 4.12. The lowest BCUT2D eigenvalue weighted by Gasteiger charge is -2.20. The highest BCUT2D eigenvalue weighted by molar-refractivity contribution is 5.94. The van der Waals surface area contributed by atoms with Crippen LogP contribution in [-0.2, 0) is 17.9 Å². The summed E-state index contributed by atoms with van der Waals surface area (Å²) in [4.78, 5) is 34.8. The third kappa shape index (κ3) is 5.43. The van der Waals surface area contributed by atoms with Gasteiger partial charge in [0.15, 0.2) is 0 Å². The van der Waals surface area contributed by atoms with Crippen LogP contribution >= 0.6 is 0 Å². The van der Waals surface area contributed by atoms with Gasteiger partial charge in [-0.15, -0.1) is 0 Å². The van der Waals surface area contributed by atoms with E-state index in [0.29, 0.717) is 18.7 Å². The van der Waals surface area contributed by atoms with Crippen LogP contribution in [0.3, 0.4) is 0 Å². The summed E-state index contributed by atoms with van der Waals surface area (Å²) in [6, 6.07) is 11.4. The molecule has 0 aliphatic carbocycles. The van der Waals surface area contributed by atoms with E-state index in [1.807, 2.05) is 65.7 Å². The minimum absolute atomic E-state index is 0.0933. The average Bonchev–Trinajstić information content (AvgIpc) is 3.43. The van der Waals surface area contributed by atoms with Gasteiger partial charge in [0.1, 0.15) is 11.5 Å². The summed E-state index contributed by atoms with van der Waals surface area (Å²) in [6.07, 6.45) is 8.09. The topological polar surface area (TPSA) is 96.6 Å². The number of nitrogens with one attached hydrogen (secondary N) is 2. The number of imidazole rings is 2. The largest absolute Gasteiger partial charge is 0.355 e. The Balaban J connectivity index is 1.44. The Morgan fingerprint density at radius 3 is 2.62 bits per heavy atom. The number of carbonyl (C=O) groups excluding carboxylic acids is 2. The Morgan fingerprint density at radius 2 is 1.91 bits per heavy atom. The predicted octanol–water partition coefficient (Wildman–Crippen LogP) is 3.25. The number of nitrogens with zero attached hydrogens (tertiary/aromatic N) is 5. The quantitative estimate of drug-likeness (QED) is 0.375. The first-order valence-electron chi connectivity index (χ1n) is 11.2. The molecule has 0 saturated heterocycles. The molecule has 0 aliphatic heterocycles. The second-order valence-electron chi connectivity index (χ2n) is 8.31. The maximum absolute atomic E-state index is 12.7. The molecule has 4 aromatic rings. The second-order valence-corrected chi connectivity index (χ2v) is 8.31. The Kier molecular flexibility index (Phi) is 6.91.